The number of nitrogens with zero attached hydrogens (tertiary/aromatic N) is 3. The molecular weight excluding hydrogens is 369 g/mol. The number of rotatable bonds is 4. The molecule has 5 rings (SSSR count). The van der Waals surface area contributed by atoms with Gasteiger partial charge in [-0.15, -0.1) is 0 Å². The maximum atomic E-state index is 14.7. The van der Waals surface area contributed by atoms with Crippen LogP contribution in [-0.2, 0) is 11.2 Å². The van der Waals surface area contributed by atoms with Crippen LogP contribution in [0.4, 0.5) is 10.1 Å². The number of carboxylic acids is 1. The third-order valence-corrected chi connectivity index (χ3v) is 6.21. The lowest BCUT2D eigenvalue weighted by molar-refractivity contribution is -0.136. The topological polar surface area (TPSA) is 58.4 Å². The van der Waals surface area contributed by atoms with Crippen LogP contribution in [0.3, 0.4) is 0 Å². The second-order valence-corrected chi connectivity index (χ2v) is 7.90. The highest BCUT2D eigenvalue weighted by molar-refractivity contribution is 5.71. The molecule has 2 aliphatic rings. The molecule has 1 atom stereocenters. The van der Waals surface area contributed by atoms with Crippen molar-refractivity contribution in [1.29, 1.82) is 0 Å². The standard InChI is InChI=1S/C23H22FN3O2/c24-19-6-2-5-18-20-13-25-14-27(20)23(22(18)19)16-7-9-26(10-8-16)17-4-1-3-15(11-17)12-21(28)29/h1-6,11,13-14,16,23H,7-10,12H2,(H,28,29). The van der Waals surface area contributed by atoms with Crippen LogP contribution in [0.1, 0.15) is 30.0 Å². The van der Waals surface area contributed by atoms with E-state index in [1.807, 2.05) is 42.9 Å². The zero-order chi connectivity index (χ0) is 20.0. The van der Waals surface area contributed by atoms with Crippen LogP contribution in [0, 0.1) is 11.7 Å². The van der Waals surface area contributed by atoms with Crippen molar-refractivity contribution in [3.8, 4) is 11.3 Å². The van der Waals surface area contributed by atoms with E-state index in [-0.39, 0.29) is 18.3 Å². The highest BCUT2D eigenvalue weighted by Crippen LogP contribution is 2.46. The average Bonchev–Trinajstić information content (AvgIpc) is 3.30. The van der Waals surface area contributed by atoms with Crippen molar-refractivity contribution < 1.29 is 14.3 Å². The molecule has 1 unspecified atom stereocenters. The van der Waals surface area contributed by atoms with Crippen LogP contribution >= 0.6 is 0 Å². The fraction of sp³-hybridized carbons (Fsp3) is 0.304. The van der Waals surface area contributed by atoms with E-state index in [9.17, 15) is 9.18 Å². The van der Waals surface area contributed by atoms with Crippen molar-refractivity contribution in [1.82, 2.24) is 9.55 Å². The van der Waals surface area contributed by atoms with Gasteiger partial charge < -0.3 is 14.6 Å². The molecule has 0 amide bonds. The number of anilines is 1. The van der Waals surface area contributed by atoms with Gasteiger partial charge in [0, 0.05) is 29.9 Å². The smallest absolute Gasteiger partial charge is 0.307 e. The van der Waals surface area contributed by atoms with Gasteiger partial charge in [0.1, 0.15) is 5.82 Å². The van der Waals surface area contributed by atoms with Crippen LogP contribution in [0.5, 0.6) is 0 Å². The average molecular weight is 391 g/mol. The van der Waals surface area contributed by atoms with Gasteiger partial charge in [0.2, 0.25) is 0 Å². The van der Waals surface area contributed by atoms with Gasteiger partial charge in [-0.2, -0.15) is 0 Å². The first-order valence-electron chi connectivity index (χ1n) is 9.98. The number of fused-ring (bicyclic) bond motifs is 3. The molecule has 2 aromatic carbocycles. The van der Waals surface area contributed by atoms with E-state index in [0.29, 0.717) is 5.92 Å². The Hall–Kier alpha value is -3.15. The molecule has 0 aliphatic carbocycles. The zero-order valence-electron chi connectivity index (χ0n) is 16.0. The molecule has 148 valence electrons. The van der Waals surface area contributed by atoms with Gasteiger partial charge in [-0.3, -0.25) is 4.79 Å². The second kappa shape index (κ2) is 7.03. The van der Waals surface area contributed by atoms with Crippen molar-refractivity contribution in [3.05, 3.63) is 71.9 Å². The minimum absolute atomic E-state index is 0.0100. The predicted octanol–water partition coefficient (Wildman–Crippen LogP) is 4.14. The van der Waals surface area contributed by atoms with E-state index in [1.165, 1.54) is 0 Å². The van der Waals surface area contributed by atoms with E-state index < -0.39 is 5.97 Å². The molecule has 0 saturated carbocycles. The summed E-state index contributed by atoms with van der Waals surface area (Å²) in [6.45, 7) is 1.73. The predicted molar refractivity (Wildman–Crippen MR) is 108 cm³/mol. The van der Waals surface area contributed by atoms with Crippen molar-refractivity contribution in [3.63, 3.8) is 0 Å². The first kappa shape index (κ1) is 17.9. The maximum absolute atomic E-state index is 14.7. The van der Waals surface area contributed by atoms with Crippen LogP contribution in [-0.4, -0.2) is 33.7 Å². The number of piperidine rings is 1. The third-order valence-electron chi connectivity index (χ3n) is 6.21. The van der Waals surface area contributed by atoms with Gasteiger partial charge >= 0.3 is 5.97 Å². The molecule has 29 heavy (non-hydrogen) atoms. The number of halogens is 1. The van der Waals surface area contributed by atoms with Crippen LogP contribution < -0.4 is 4.90 Å². The summed E-state index contributed by atoms with van der Waals surface area (Å²) < 4.78 is 16.9. The lowest BCUT2D eigenvalue weighted by atomic mass is 9.85. The molecule has 0 bridgehead atoms. The van der Waals surface area contributed by atoms with Crippen LogP contribution in [0.15, 0.2) is 55.0 Å². The fourth-order valence-electron chi connectivity index (χ4n) is 4.91. The number of hydrogen-bond acceptors (Lipinski definition) is 3. The Labute approximate surface area is 168 Å². The number of carbonyl (C=O) groups is 1. The number of imidazole rings is 1. The Kier molecular flexibility index (Phi) is 4.34. The van der Waals surface area contributed by atoms with Crippen LogP contribution in [0.2, 0.25) is 0 Å². The van der Waals surface area contributed by atoms with E-state index in [0.717, 1.165) is 54.0 Å². The van der Waals surface area contributed by atoms with Crippen molar-refractivity contribution in [2.24, 2.45) is 5.92 Å². The number of aromatic nitrogens is 2. The third kappa shape index (κ3) is 3.09. The Morgan fingerprint density at radius 3 is 2.76 bits per heavy atom. The summed E-state index contributed by atoms with van der Waals surface area (Å²) in [7, 11) is 0. The van der Waals surface area contributed by atoms with E-state index in [4.69, 9.17) is 5.11 Å². The lowest BCUT2D eigenvalue weighted by Gasteiger charge is -2.37. The minimum atomic E-state index is -0.820. The largest absolute Gasteiger partial charge is 0.481 e. The fourth-order valence-corrected chi connectivity index (χ4v) is 4.91. The van der Waals surface area contributed by atoms with Crippen molar-refractivity contribution in [2.75, 3.05) is 18.0 Å². The van der Waals surface area contributed by atoms with E-state index >= 15 is 0 Å². The normalized spacial score (nSPS) is 18.5. The number of aliphatic carboxylic acids is 1. The molecule has 5 nitrogen and oxygen atoms in total. The quantitative estimate of drug-likeness (QED) is 0.726. The Bertz CT molecular complexity index is 1070. The molecule has 0 radical (unpaired) electrons. The Morgan fingerprint density at radius 1 is 1.17 bits per heavy atom. The summed E-state index contributed by atoms with van der Waals surface area (Å²) in [4.78, 5) is 17.6. The van der Waals surface area contributed by atoms with Crippen molar-refractivity contribution >= 4 is 11.7 Å². The number of hydrogen-bond donors (Lipinski definition) is 1. The maximum Gasteiger partial charge on any atom is 0.307 e. The highest BCUT2D eigenvalue weighted by Gasteiger charge is 2.37. The molecule has 1 aromatic heterocycles. The van der Waals surface area contributed by atoms with Gasteiger partial charge in [0.05, 0.1) is 30.7 Å². The summed E-state index contributed by atoms with van der Waals surface area (Å²) >= 11 is 0. The summed E-state index contributed by atoms with van der Waals surface area (Å²) in [6, 6.07) is 13.1. The summed E-state index contributed by atoms with van der Waals surface area (Å²) in [5.41, 5.74) is 4.62. The molecule has 0 spiro atoms. The molecule has 1 fully saturated rings. The van der Waals surface area contributed by atoms with Gasteiger partial charge in [-0.05, 0) is 42.5 Å². The highest BCUT2D eigenvalue weighted by atomic mass is 19.1. The summed E-state index contributed by atoms with van der Waals surface area (Å²) in [5.74, 6) is -0.626. The van der Waals surface area contributed by atoms with E-state index in [1.54, 1.807) is 12.1 Å². The molecule has 6 heteroatoms. The molecule has 2 aliphatic heterocycles. The van der Waals surface area contributed by atoms with Gasteiger partial charge in [0.15, 0.2) is 0 Å². The Balaban J connectivity index is 1.36. The first-order chi connectivity index (χ1) is 14.1. The molecule has 3 aromatic rings. The monoisotopic (exact) mass is 391 g/mol. The number of benzene rings is 2. The molecule has 1 saturated heterocycles. The lowest BCUT2D eigenvalue weighted by Crippen LogP contribution is -2.36. The first-order valence-corrected chi connectivity index (χ1v) is 9.98. The summed E-state index contributed by atoms with van der Waals surface area (Å²) in [6.07, 6.45) is 5.56. The van der Waals surface area contributed by atoms with Crippen molar-refractivity contribution in [2.45, 2.75) is 25.3 Å². The molecule has 1 N–H and O–H groups in total. The van der Waals surface area contributed by atoms with Crippen LogP contribution in [0.25, 0.3) is 11.3 Å². The minimum Gasteiger partial charge on any atom is -0.481 e. The van der Waals surface area contributed by atoms with Gasteiger partial charge in [0.25, 0.3) is 0 Å². The molecular formula is C23H22FN3O2. The second-order valence-electron chi connectivity index (χ2n) is 7.90. The summed E-state index contributed by atoms with van der Waals surface area (Å²) in [5, 5.41) is 9.04. The van der Waals surface area contributed by atoms with E-state index in [2.05, 4.69) is 14.5 Å². The van der Waals surface area contributed by atoms with Gasteiger partial charge in [-0.1, -0.05) is 24.3 Å². The van der Waals surface area contributed by atoms with Gasteiger partial charge in [-0.25, -0.2) is 9.37 Å². The number of carboxylic acid groups (broad SMARTS) is 1. The zero-order valence-corrected chi connectivity index (χ0v) is 16.0. The SMILES string of the molecule is O=C(O)Cc1cccc(N2CCC(C3c4c(F)cccc4-c4cncn43)CC2)c1. The molecule has 3 heterocycles. The Morgan fingerprint density at radius 2 is 1.97 bits per heavy atom.